The van der Waals surface area contributed by atoms with E-state index in [-0.39, 0.29) is 23.2 Å². The van der Waals surface area contributed by atoms with Crippen molar-refractivity contribution in [1.29, 1.82) is 0 Å². The smallest absolute Gasteiger partial charge is 0.310 e. The molecular weight excluding hydrogens is 316 g/mol. The van der Waals surface area contributed by atoms with E-state index in [0.717, 1.165) is 25.1 Å². The zero-order chi connectivity index (χ0) is 18.4. The molecule has 1 aliphatic heterocycles. The third-order valence-electron chi connectivity index (χ3n) is 4.53. The molecule has 1 aromatic carbocycles. The molecule has 0 bridgehead atoms. The number of amides is 1. The van der Waals surface area contributed by atoms with E-state index in [9.17, 15) is 9.59 Å². The van der Waals surface area contributed by atoms with E-state index < -0.39 is 0 Å². The molecule has 1 aromatic rings. The summed E-state index contributed by atoms with van der Waals surface area (Å²) in [4.78, 5) is 26.2. The van der Waals surface area contributed by atoms with Crippen LogP contribution in [-0.4, -0.2) is 43.0 Å². The zero-order valence-corrected chi connectivity index (χ0v) is 15.8. The van der Waals surface area contributed by atoms with Gasteiger partial charge in [0.05, 0.1) is 19.1 Å². The van der Waals surface area contributed by atoms with Gasteiger partial charge in [-0.3, -0.25) is 14.5 Å². The number of esters is 1. The summed E-state index contributed by atoms with van der Waals surface area (Å²) < 4.78 is 5.10. The van der Waals surface area contributed by atoms with Gasteiger partial charge >= 0.3 is 5.97 Å². The minimum atomic E-state index is -0.148. The van der Waals surface area contributed by atoms with Crippen LogP contribution in [0.15, 0.2) is 24.3 Å². The number of anilines is 1. The summed E-state index contributed by atoms with van der Waals surface area (Å²) in [5.41, 5.74) is 2.13. The molecule has 0 unspecified atom stereocenters. The van der Waals surface area contributed by atoms with Gasteiger partial charge in [0.1, 0.15) is 0 Å². The number of piperidine rings is 1. The van der Waals surface area contributed by atoms with E-state index in [1.54, 1.807) is 0 Å². The molecule has 0 aromatic heterocycles. The van der Waals surface area contributed by atoms with Crippen molar-refractivity contribution < 1.29 is 14.3 Å². The van der Waals surface area contributed by atoms with Crippen LogP contribution in [0, 0.1) is 5.92 Å². The van der Waals surface area contributed by atoms with Crippen LogP contribution < -0.4 is 5.32 Å². The van der Waals surface area contributed by atoms with Gasteiger partial charge < -0.3 is 10.1 Å². The molecule has 0 saturated carbocycles. The van der Waals surface area contributed by atoms with Crippen LogP contribution in [0.3, 0.4) is 0 Å². The number of hydrogen-bond acceptors (Lipinski definition) is 4. The van der Waals surface area contributed by atoms with E-state index in [1.807, 2.05) is 36.1 Å². The van der Waals surface area contributed by atoms with Gasteiger partial charge in [-0.15, -0.1) is 0 Å². The quantitative estimate of drug-likeness (QED) is 0.832. The fourth-order valence-electron chi connectivity index (χ4n) is 3.11. The van der Waals surface area contributed by atoms with Crippen LogP contribution in [-0.2, 0) is 19.7 Å². The van der Waals surface area contributed by atoms with Crippen molar-refractivity contribution in [3.8, 4) is 0 Å². The standard InChI is InChI=1S/C20H30N2O3/c1-5-25-19(24)15-7-6-12-22(13-15)14-18(23)21-17-10-8-16(9-11-17)20(2,3)4/h8-11,15H,5-7,12-14H2,1-4H3,(H,21,23)/t15-/m1/s1. The molecule has 5 heteroatoms. The molecule has 1 heterocycles. The number of ether oxygens (including phenoxy) is 1. The second-order valence-electron chi connectivity index (χ2n) is 7.70. The molecular formula is C20H30N2O3. The van der Waals surface area contributed by atoms with E-state index >= 15 is 0 Å². The van der Waals surface area contributed by atoms with Crippen LogP contribution in [0.4, 0.5) is 5.69 Å². The lowest BCUT2D eigenvalue weighted by Crippen LogP contribution is -2.43. The predicted molar refractivity (Wildman–Crippen MR) is 99.6 cm³/mol. The second kappa shape index (κ2) is 8.48. The lowest BCUT2D eigenvalue weighted by Gasteiger charge is -2.30. The summed E-state index contributed by atoms with van der Waals surface area (Å²) in [7, 11) is 0. The molecule has 0 spiro atoms. The number of nitrogens with zero attached hydrogens (tertiary/aromatic N) is 1. The number of carbonyl (C=O) groups excluding carboxylic acids is 2. The predicted octanol–water partition coefficient (Wildman–Crippen LogP) is 3.20. The minimum Gasteiger partial charge on any atom is -0.466 e. The number of rotatable bonds is 5. The van der Waals surface area contributed by atoms with Crippen LogP contribution in [0.1, 0.15) is 46.1 Å². The van der Waals surface area contributed by atoms with Crippen LogP contribution in [0.2, 0.25) is 0 Å². The first kappa shape index (κ1) is 19.4. The molecule has 1 fully saturated rings. The molecule has 1 N–H and O–H groups in total. The summed E-state index contributed by atoms with van der Waals surface area (Å²) in [5, 5.41) is 2.94. The average molecular weight is 346 g/mol. The highest BCUT2D eigenvalue weighted by atomic mass is 16.5. The summed E-state index contributed by atoms with van der Waals surface area (Å²) in [6, 6.07) is 7.98. The fourth-order valence-corrected chi connectivity index (χ4v) is 3.11. The van der Waals surface area contributed by atoms with Crippen molar-refractivity contribution in [3.05, 3.63) is 29.8 Å². The molecule has 1 saturated heterocycles. The highest BCUT2D eigenvalue weighted by molar-refractivity contribution is 5.92. The number of nitrogens with one attached hydrogen (secondary N) is 1. The summed E-state index contributed by atoms with van der Waals surface area (Å²) in [6.45, 7) is 10.4. The third kappa shape index (κ3) is 5.85. The SMILES string of the molecule is CCOC(=O)[C@@H]1CCCN(CC(=O)Nc2ccc(C(C)(C)C)cc2)C1. The Morgan fingerprint density at radius 3 is 2.52 bits per heavy atom. The molecule has 5 nitrogen and oxygen atoms in total. The van der Waals surface area contributed by atoms with Crippen molar-refractivity contribution in [2.75, 3.05) is 31.6 Å². The third-order valence-corrected chi connectivity index (χ3v) is 4.53. The van der Waals surface area contributed by atoms with Gasteiger partial charge in [0.25, 0.3) is 0 Å². The Morgan fingerprint density at radius 1 is 1.24 bits per heavy atom. The lowest BCUT2D eigenvalue weighted by atomic mass is 9.87. The van der Waals surface area contributed by atoms with Gasteiger partial charge in [-0.25, -0.2) is 0 Å². The van der Waals surface area contributed by atoms with E-state index in [4.69, 9.17) is 4.74 Å². The van der Waals surface area contributed by atoms with Crippen LogP contribution in [0.5, 0.6) is 0 Å². The number of benzene rings is 1. The molecule has 0 radical (unpaired) electrons. The Bertz CT molecular complexity index is 590. The second-order valence-corrected chi connectivity index (χ2v) is 7.70. The fraction of sp³-hybridized carbons (Fsp3) is 0.600. The monoisotopic (exact) mass is 346 g/mol. The molecule has 0 aliphatic carbocycles. The molecule has 1 amide bonds. The van der Waals surface area contributed by atoms with Crippen molar-refractivity contribution in [2.45, 2.75) is 46.0 Å². The molecule has 1 aliphatic rings. The first-order valence-electron chi connectivity index (χ1n) is 9.09. The maximum absolute atomic E-state index is 12.3. The Hall–Kier alpha value is -1.88. The summed E-state index contributed by atoms with van der Waals surface area (Å²) in [6.07, 6.45) is 1.75. The zero-order valence-electron chi connectivity index (χ0n) is 15.8. The number of carbonyl (C=O) groups is 2. The van der Waals surface area contributed by atoms with Gasteiger partial charge in [-0.05, 0) is 49.4 Å². The Kier molecular flexibility index (Phi) is 6.59. The molecule has 2 rings (SSSR count). The van der Waals surface area contributed by atoms with Gasteiger partial charge in [-0.2, -0.15) is 0 Å². The molecule has 25 heavy (non-hydrogen) atoms. The normalized spacial score (nSPS) is 18.6. The minimum absolute atomic E-state index is 0.0481. The van der Waals surface area contributed by atoms with E-state index in [1.165, 1.54) is 5.56 Å². The number of likely N-dealkylation sites (tertiary alicyclic amines) is 1. The van der Waals surface area contributed by atoms with Gasteiger partial charge in [0, 0.05) is 12.2 Å². The highest BCUT2D eigenvalue weighted by Crippen LogP contribution is 2.23. The van der Waals surface area contributed by atoms with Gasteiger partial charge in [0.15, 0.2) is 0 Å². The van der Waals surface area contributed by atoms with Crippen molar-refractivity contribution in [3.63, 3.8) is 0 Å². The molecule has 1 atom stereocenters. The largest absolute Gasteiger partial charge is 0.466 e. The van der Waals surface area contributed by atoms with Crippen LogP contribution >= 0.6 is 0 Å². The Labute approximate surface area is 150 Å². The van der Waals surface area contributed by atoms with Gasteiger partial charge in [0.2, 0.25) is 5.91 Å². The van der Waals surface area contributed by atoms with Crippen molar-refractivity contribution >= 4 is 17.6 Å². The first-order valence-corrected chi connectivity index (χ1v) is 9.09. The average Bonchev–Trinajstić information content (AvgIpc) is 2.55. The van der Waals surface area contributed by atoms with E-state index in [2.05, 4.69) is 26.1 Å². The maximum Gasteiger partial charge on any atom is 0.310 e. The first-order chi connectivity index (χ1) is 11.8. The maximum atomic E-state index is 12.3. The molecule has 138 valence electrons. The number of hydrogen-bond donors (Lipinski definition) is 1. The van der Waals surface area contributed by atoms with Crippen LogP contribution in [0.25, 0.3) is 0 Å². The van der Waals surface area contributed by atoms with Crippen molar-refractivity contribution in [2.24, 2.45) is 5.92 Å². The van der Waals surface area contributed by atoms with Crippen molar-refractivity contribution in [1.82, 2.24) is 4.90 Å². The summed E-state index contributed by atoms with van der Waals surface area (Å²) >= 11 is 0. The Morgan fingerprint density at radius 2 is 1.92 bits per heavy atom. The lowest BCUT2D eigenvalue weighted by molar-refractivity contribution is -0.150. The highest BCUT2D eigenvalue weighted by Gasteiger charge is 2.27. The van der Waals surface area contributed by atoms with Gasteiger partial charge in [-0.1, -0.05) is 32.9 Å². The topological polar surface area (TPSA) is 58.6 Å². The van der Waals surface area contributed by atoms with E-state index in [0.29, 0.717) is 19.7 Å². The Balaban J connectivity index is 1.86. The summed E-state index contributed by atoms with van der Waals surface area (Å²) in [5.74, 6) is -0.314.